The van der Waals surface area contributed by atoms with E-state index in [0.717, 1.165) is 0 Å². The lowest BCUT2D eigenvalue weighted by Gasteiger charge is -2.10. The summed E-state index contributed by atoms with van der Waals surface area (Å²) in [5.74, 6) is -1.32. The van der Waals surface area contributed by atoms with Gasteiger partial charge in [0.15, 0.2) is 0 Å². The fraction of sp³-hybridized carbons (Fsp3) is 0.385. The molecule has 0 aliphatic rings. The van der Waals surface area contributed by atoms with E-state index in [0.29, 0.717) is 11.1 Å². The Bertz CT molecular complexity index is 547. The number of amides is 3. The summed E-state index contributed by atoms with van der Waals surface area (Å²) in [6, 6.07) is 3.57. The van der Waals surface area contributed by atoms with E-state index < -0.39 is 31.2 Å². The van der Waals surface area contributed by atoms with Gasteiger partial charge in [-0.2, -0.15) is 13.2 Å². The Morgan fingerprint density at radius 1 is 1.14 bits per heavy atom. The number of rotatable bonds is 5. The number of hydrogen-bond donors (Lipinski definition) is 3. The third-order valence-corrected chi connectivity index (χ3v) is 2.57. The van der Waals surface area contributed by atoms with Gasteiger partial charge in [0.05, 0.1) is 6.54 Å². The molecular formula is C13H15F4N3O2. The van der Waals surface area contributed by atoms with E-state index in [1.165, 1.54) is 12.1 Å². The van der Waals surface area contributed by atoms with Gasteiger partial charge >= 0.3 is 12.2 Å². The molecule has 0 aliphatic heterocycles. The molecule has 1 rings (SSSR count). The Morgan fingerprint density at radius 3 is 2.41 bits per heavy atom. The van der Waals surface area contributed by atoms with Crippen LogP contribution in [0.1, 0.15) is 11.1 Å². The molecular weight excluding hydrogens is 306 g/mol. The maximum atomic E-state index is 13.0. The summed E-state index contributed by atoms with van der Waals surface area (Å²) in [5, 5.41) is 6.13. The number of halogens is 4. The highest BCUT2D eigenvalue weighted by Gasteiger charge is 2.27. The van der Waals surface area contributed by atoms with Crippen molar-refractivity contribution in [3.8, 4) is 0 Å². The van der Waals surface area contributed by atoms with Gasteiger partial charge in [0.2, 0.25) is 5.91 Å². The van der Waals surface area contributed by atoms with E-state index in [1.54, 1.807) is 18.3 Å². The number of carbonyl (C=O) groups is 2. The summed E-state index contributed by atoms with van der Waals surface area (Å²) in [6.45, 7) is -0.366. The van der Waals surface area contributed by atoms with Crippen LogP contribution < -0.4 is 16.0 Å². The van der Waals surface area contributed by atoms with Crippen LogP contribution in [0.15, 0.2) is 18.2 Å². The van der Waals surface area contributed by atoms with E-state index in [4.69, 9.17) is 0 Å². The Kier molecular flexibility index (Phi) is 6.14. The van der Waals surface area contributed by atoms with Crippen LogP contribution in [0.2, 0.25) is 0 Å². The van der Waals surface area contributed by atoms with Crippen LogP contribution in [0, 0.1) is 12.7 Å². The van der Waals surface area contributed by atoms with Gasteiger partial charge in [-0.05, 0) is 24.1 Å². The number of nitrogens with one attached hydrogen (secondary N) is 3. The second-order valence-corrected chi connectivity index (χ2v) is 4.51. The van der Waals surface area contributed by atoms with Gasteiger partial charge in [-0.25, -0.2) is 9.18 Å². The largest absolute Gasteiger partial charge is 0.405 e. The van der Waals surface area contributed by atoms with Crippen LogP contribution in [0.5, 0.6) is 0 Å². The lowest BCUT2D eigenvalue weighted by molar-refractivity contribution is -0.137. The lowest BCUT2D eigenvalue weighted by Crippen LogP contribution is -2.43. The van der Waals surface area contributed by atoms with Crippen LogP contribution in [-0.2, 0) is 11.3 Å². The van der Waals surface area contributed by atoms with Crippen LogP contribution in [-0.4, -0.2) is 31.2 Å². The Hall–Kier alpha value is -2.32. The maximum Gasteiger partial charge on any atom is 0.405 e. The topological polar surface area (TPSA) is 70.2 Å². The first kappa shape index (κ1) is 17.7. The van der Waals surface area contributed by atoms with E-state index in [-0.39, 0.29) is 12.4 Å². The number of urea groups is 1. The van der Waals surface area contributed by atoms with Crippen LogP contribution in [0.3, 0.4) is 0 Å². The third-order valence-electron chi connectivity index (χ3n) is 2.57. The summed E-state index contributed by atoms with van der Waals surface area (Å²) in [7, 11) is 0. The average Bonchev–Trinajstić information content (AvgIpc) is 2.43. The molecule has 3 N–H and O–H groups in total. The van der Waals surface area contributed by atoms with Gasteiger partial charge < -0.3 is 16.0 Å². The van der Waals surface area contributed by atoms with Gasteiger partial charge in [0.1, 0.15) is 12.4 Å². The van der Waals surface area contributed by atoms with Crippen molar-refractivity contribution in [2.24, 2.45) is 0 Å². The maximum absolute atomic E-state index is 13.0. The molecule has 0 aromatic heterocycles. The summed E-state index contributed by atoms with van der Waals surface area (Å²) in [5.41, 5.74) is 1.07. The molecule has 3 amide bonds. The molecule has 1 aromatic carbocycles. The molecule has 0 saturated carbocycles. The zero-order valence-electron chi connectivity index (χ0n) is 11.7. The number of aryl methyl sites for hydroxylation is 1. The standard InChI is InChI=1S/C13H15F4N3O2/c1-8-4-9(2-3-10(8)14)5-18-12(22)19-6-11(21)20-7-13(15,16)17/h2-4H,5-7H2,1H3,(H,20,21)(H2,18,19,22). The van der Waals surface area contributed by atoms with Gasteiger partial charge in [-0.1, -0.05) is 12.1 Å². The number of benzene rings is 1. The van der Waals surface area contributed by atoms with Crippen molar-refractivity contribution < 1.29 is 27.2 Å². The van der Waals surface area contributed by atoms with E-state index in [1.807, 2.05) is 0 Å². The first-order valence-corrected chi connectivity index (χ1v) is 6.27. The molecule has 0 fully saturated rings. The highest BCUT2D eigenvalue weighted by atomic mass is 19.4. The second-order valence-electron chi connectivity index (χ2n) is 4.51. The normalized spacial score (nSPS) is 11.0. The molecule has 9 heteroatoms. The SMILES string of the molecule is Cc1cc(CNC(=O)NCC(=O)NCC(F)(F)F)ccc1F. The van der Waals surface area contributed by atoms with Gasteiger partial charge in [0, 0.05) is 6.54 Å². The molecule has 5 nitrogen and oxygen atoms in total. The molecule has 0 aliphatic carbocycles. The van der Waals surface area contributed by atoms with Crippen molar-refractivity contribution in [1.29, 1.82) is 0 Å². The summed E-state index contributed by atoms with van der Waals surface area (Å²) in [6.07, 6.45) is -4.50. The first-order valence-electron chi connectivity index (χ1n) is 6.27. The quantitative estimate of drug-likeness (QED) is 0.721. The molecule has 122 valence electrons. The fourth-order valence-electron chi connectivity index (χ4n) is 1.48. The zero-order valence-corrected chi connectivity index (χ0v) is 11.7. The van der Waals surface area contributed by atoms with Crippen molar-refractivity contribution in [3.63, 3.8) is 0 Å². The van der Waals surface area contributed by atoms with Crippen molar-refractivity contribution >= 4 is 11.9 Å². The minimum atomic E-state index is -4.50. The Balaban J connectivity index is 2.28. The van der Waals surface area contributed by atoms with Crippen LogP contribution in [0.25, 0.3) is 0 Å². The summed E-state index contributed by atoms with van der Waals surface area (Å²) >= 11 is 0. The highest BCUT2D eigenvalue weighted by molar-refractivity contribution is 5.83. The molecule has 0 atom stereocenters. The van der Waals surface area contributed by atoms with Gasteiger partial charge in [-0.3, -0.25) is 4.79 Å². The van der Waals surface area contributed by atoms with Crippen molar-refractivity contribution in [2.75, 3.05) is 13.1 Å². The van der Waals surface area contributed by atoms with E-state index in [2.05, 4.69) is 10.6 Å². The first-order chi connectivity index (χ1) is 10.2. The molecule has 1 aromatic rings. The van der Waals surface area contributed by atoms with Crippen LogP contribution in [0.4, 0.5) is 22.4 Å². The van der Waals surface area contributed by atoms with Crippen LogP contribution >= 0.6 is 0 Å². The minimum absolute atomic E-state index is 0.0944. The van der Waals surface area contributed by atoms with E-state index >= 15 is 0 Å². The number of hydrogen-bond acceptors (Lipinski definition) is 2. The van der Waals surface area contributed by atoms with Gasteiger partial charge in [0.25, 0.3) is 0 Å². The number of carbonyl (C=O) groups excluding carboxylic acids is 2. The molecule has 0 radical (unpaired) electrons. The Morgan fingerprint density at radius 2 is 1.82 bits per heavy atom. The summed E-state index contributed by atoms with van der Waals surface area (Å²) < 4.78 is 48.6. The molecule has 0 unspecified atom stereocenters. The predicted octanol–water partition coefficient (Wildman–Crippen LogP) is 1.61. The van der Waals surface area contributed by atoms with Crippen molar-refractivity contribution in [3.05, 3.63) is 35.1 Å². The smallest absolute Gasteiger partial charge is 0.345 e. The molecule has 0 spiro atoms. The van der Waals surface area contributed by atoms with Crippen molar-refractivity contribution in [1.82, 2.24) is 16.0 Å². The minimum Gasteiger partial charge on any atom is -0.345 e. The number of alkyl halides is 3. The molecule has 0 saturated heterocycles. The Labute approximate surface area is 124 Å². The molecule has 0 heterocycles. The zero-order chi connectivity index (χ0) is 16.8. The monoisotopic (exact) mass is 321 g/mol. The highest BCUT2D eigenvalue weighted by Crippen LogP contribution is 2.11. The fourth-order valence-corrected chi connectivity index (χ4v) is 1.48. The third kappa shape index (κ3) is 6.91. The average molecular weight is 321 g/mol. The lowest BCUT2D eigenvalue weighted by atomic mass is 10.1. The van der Waals surface area contributed by atoms with Gasteiger partial charge in [-0.15, -0.1) is 0 Å². The summed E-state index contributed by atoms with van der Waals surface area (Å²) in [4.78, 5) is 22.4. The predicted molar refractivity (Wildman–Crippen MR) is 70.4 cm³/mol. The van der Waals surface area contributed by atoms with E-state index in [9.17, 15) is 27.2 Å². The second kappa shape index (κ2) is 7.62. The molecule has 22 heavy (non-hydrogen) atoms. The molecule has 0 bridgehead atoms. The van der Waals surface area contributed by atoms with Crippen molar-refractivity contribution in [2.45, 2.75) is 19.6 Å².